The molecule has 0 aromatic heterocycles. The van der Waals surface area contributed by atoms with Crippen molar-refractivity contribution in [1.29, 1.82) is 5.26 Å². The van der Waals surface area contributed by atoms with Gasteiger partial charge in [0.1, 0.15) is 11.6 Å². The highest BCUT2D eigenvalue weighted by atomic mass is 35.5. The number of rotatable bonds is 6. The van der Waals surface area contributed by atoms with Gasteiger partial charge in [-0.05, 0) is 25.5 Å². The maximum Gasteiger partial charge on any atom is 0.326 e. The van der Waals surface area contributed by atoms with E-state index in [1.54, 1.807) is 30.3 Å². The monoisotopic (exact) mass is 350 g/mol. The molecule has 0 heterocycles. The summed E-state index contributed by atoms with van der Waals surface area (Å²) in [6.45, 7) is 3.24. The van der Waals surface area contributed by atoms with Gasteiger partial charge in [-0.1, -0.05) is 30.7 Å². The van der Waals surface area contributed by atoms with E-state index in [9.17, 15) is 9.59 Å². The second-order valence-electron chi connectivity index (χ2n) is 4.93. The average molecular weight is 351 g/mol. The predicted octanol–water partition coefficient (Wildman–Crippen LogP) is 2.15. The number of anilines is 1. The quantitative estimate of drug-likeness (QED) is 0.463. The van der Waals surface area contributed by atoms with Gasteiger partial charge < -0.3 is 15.7 Å². The highest BCUT2D eigenvalue weighted by Gasteiger charge is 2.17. The number of para-hydroxylation sites is 1. The van der Waals surface area contributed by atoms with Crippen LogP contribution in [0.1, 0.15) is 20.3 Å². The smallest absolute Gasteiger partial charge is 0.326 e. The van der Waals surface area contributed by atoms with Gasteiger partial charge in [-0.25, -0.2) is 4.79 Å². The predicted molar refractivity (Wildman–Crippen MR) is 91.2 cm³/mol. The van der Waals surface area contributed by atoms with E-state index < -0.39 is 11.9 Å². The lowest BCUT2D eigenvalue weighted by Crippen LogP contribution is -2.37. The topological polar surface area (TPSA) is 114 Å². The number of carbonyl (C=O) groups is 2. The molecule has 0 aliphatic carbocycles. The summed E-state index contributed by atoms with van der Waals surface area (Å²) in [5.74, 6) is -0.847. The Kier molecular flexibility index (Phi) is 7.75. The molecular weight excluding hydrogens is 332 g/mol. The molecule has 0 unspecified atom stereocenters. The minimum absolute atomic E-state index is 0.138. The summed E-state index contributed by atoms with van der Waals surface area (Å²) in [4.78, 5) is 23.9. The Labute approximate surface area is 145 Å². The molecule has 0 aliphatic rings. The van der Waals surface area contributed by atoms with Crippen LogP contribution in [-0.4, -0.2) is 29.7 Å². The number of aliphatic hydroxyl groups excluding tert-OH is 1. The average Bonchev–Trinajstić information content (AvgIpc) is 2.55. The molecule has 3 amide bonds. The van der Waals surface area contributed by atoms with Crippen molar-refractivity contribution < 1.29 is 14.7 Å². The zero-order valence-corrected chi connectivity index (χ0v) is 14.1. The van der Waals surface area contributed by atoms with Crippen molar-refractivity contribution in [3.05, 3.63) is 40.6 Å². The van der Waals surface area contributed by atoms with Crippen molar-refractivity contribution in [2.24, 2.45) is 0 Å². The number of nitriles is 1. The maximum atomic E-state index is 12.1. The molecule has 0 bridgehead atoms. The Bertz CT molecular complexity index is 678. The van der Waals surface area contributed by atoms with Crippen LogP contribution >= 0.6 is 11.6 Å². The van der Waals surface area contributed by atoms with E-state index in [2.05, 4.69) is 16.0 Å². The van der Waals surface area contributed by atoms with Crippen molar-refractivity contribution >= 4 is 29.2 Å². The van der Waals surface area contributed by atoms with Crippen molar-refractivity contribution in [3.8, 4) is 6.07 Å². The molecular formula is C16H19ClN4O3. The molecule has 0 saturated carbocycles. The summed E-state index contributed by atoms with van der Waals surface area (Å²) in [5.41, 5.74) is 0.380. The zero-order chi connectivity index (χ0) is 18.1. The van der Waals surface area contributed by atoms with Crippen molar-refractivity contribution in [3.63, 3.8) is 0 Å². The first-order valence-electron chi connectivity index (χ1n) is 7.28. The molecule has 24 heavy (non-hydrogen) atoms. The zero-order valence-electron chi connectivity index (χ0n) is 13.4. The fourth-order valence-electron chi connectivity index (χ4n) is 1.84. The Morgan fingerprint density at radius 1 is 1.38 bits per heavy atom. The number of aliphatic hydroxyl groups is 1. The minimum Gasteiger partial charge on any atom is -0.394 e. The fourth-order valence-corrected chi connectivity index (χ4v) is 2.02. The van der Waals surface area contributed by atoms with Gasteiger partial charge in [-0.15, -0.1) is 0 Å². The summed E-state index contributed by atoms with van der Waals surface area (Å²) < 4.78 is 0. The number of amides is 3. The molecule has 0 radical (unpaired) electrons. The van der Waals surface area contributed by atoms with E-state index in [1.807, 2.05) is 6.92 Å². The summed E-state index contributed by atoms with van der Waals surface area (Å²) >= 11 is 5.91. The van der Waals surface area contributed by atoms with Crippen LogP contribution in [0.15, 0.2) is 35.5 Å². The largest absolute Gasteiger partial charge is 0.394 e. The number of nitrogens with one attached hydrogen (secondary N) is 3. The Hall–Kier alpha value is -2.56. The Morgan fingerprint density at radius 2 is 2.04 bits per heavy atom. The van der Waals surface area contributed by atoms with Crippen LogP contribution in [0.5, 0.6) is 0 Å². The van der Waals surface area contributed by atoms with Crippen molar-refractivity contribution in [1.82, 2.24) is 10.6 Å². The summed E-state index contributed by atoms with van der Waals surface area (Å²) in [6.07, 6.45) is 0.612. The third-order valence-electron chi connectivity index (χ3n) is 3.20. The maximum absolute atomic E-state index is 12.1. The summed E-state index contributed by atoms with van der Waals surface area (Å²) in [5, 5.41) is 26.0. The second-order valence-corrected chi connectivity index (χ2v) is 5.34. The number of hydrogen-bond acceptors (Lipinski definition) is 5. The highest BCUT2D eigenvalue weighted by molar-refractivity contribution is 6.33. The molecule has 0 saturated heterocycles. The van der Waals surface area contributed by atoms with Gasteiger partial charge in [-0.3, -0.25) is 10.1 Å². The first-order chi connectivity index (χ1) is 11.4. The molecule has 0 fully saturated rings. The molecule has 4 N–H and O–H groups in total. The van der Waals surface area contributed by atoms with E-state index in [0.29, 0.717) is 17.1 Å². The molecule has 0 aliphatic heterocycles. The van der Waals surface area contributed by atoms with E-state index in [0.717, 1.165) is 0 Å². The summed E-state index contributed by atoms with van der Waals surface area (Å²) in [7, 11) is 0. The first-order valence-corrected chi connectivity index (χ1v) is 7.65. The first kappa shape index (κ1) is 19.5. The molecule has 8 heteroatoms. The minimum atomic E-state index is -0.847. The lowest BCUT2D eigenvalue weighted by molar-refractivity contribution is -0.116. The van der Waals surface area contributed by atoms with Crippen LogP contribution in [0.2, 0.25) is 5.02 Å². The van der Waals surface area contributed by atoms with Crippen LogP contribution in [0.4, 0.5) is 10.5 Å². The molecule has 128 valence electrons. The lowest BCUT2D eigenvalue weighted by atomic mass is 10.1. The fraction of sp³-hybridized carbons (Fsp3) is 0.312. The number of nitrogens with zero attached hydrogens (tertiary/aromatic N) is 1. The van der Waals surface area contributed by atoms with Crippen molar-refractivity contribution in [2.75, 3.05) is 11.9 Å². The third kappa shape index (κ3) is 5.57. The molecule has 1 rings (SSSR count). The molecule has 1 aromatic carbocycles. The standard InChI is InChI=1S/C16H19ClN4O3/c1-3-11(9-22)19-10(2)12(8-18)15(23)21-16(24)20-14-7-5-4-6-13(14)17/h4-7,11,19,22H,3,9H2,1-2H3,(H2,20,21,23,24)/b12-10+/t11-/m0/s1. The lowest BCUT2D eigenvalue weighted by Gasteiger charge is -2.17. The van der Waals surface area contributed by atoms with E-state index in [1.165, 1.54) is 6.92 Å². The van der Waals surface area contributed by atoms with Crippen LogP contribution in [0.3, 0.4) is 0 Å². The number of imide groups is 1. The normalized spacial score (nSPS) is 12.5. The van der Waals surface area contributed by atoms with E-state index >= 15 is 0 Å². The number of benzene rings is 1. The van der Waals surface area contributed by atoms with Gasteiger partial charge in [0, 0.05) is 11.7 Å². The summed E-state index contributed by atoms with van der Waals surface area (Å²) in [6, 6.07) is 7.22. The van der Waals surface area contributed by atoms with Crippen LogP contribution in [0.25, 0.3) is 0 Å². The van der Waals surface area contributed by atoms with Gasteiger partial charge >= 0.3 is 6.03 Å². The van der Waals surface area contributed by atoms with Gasteiger partial charge in [0.25, 0.3) is 5.91 Å². The van der Waals surface area contributed by atoms with E-state index in [-0.39, 0.29) is 23.9 Å². The van der Waals surface area contributed by atoms with Gasteiger partial charge in [0.2, 0.25) is 0 Å². The van der Waals surface area contributed by atoms with Crippen LogP contribution < -0.4 is 16.0 Å². The Morgan fingerprint density at radius 3 is 2.58 bits per heavy atom. The number of urea groups is 1. The van der Waals surface area contributed by atoms with Crippen molar-refractivity contribution in [2.45, 2.75) is 26.3 Å². The van der Waals surface area contributed by atoms with Crippen LogP contribution in [0, 0.1) is 11.3 Å². The number of hydrogen-bond donors (Lipinski definition) is 4. The Balaban J connectivity index is 2.78. The molecule has 7 nitrogen and oxygen atoms in total. The highest BCUT2D eigenvalue weighted by Crippen LogP contribution is 2.20. The van der Waals surface area contributed by atoms with Gasteiger partial charge in [-0.2, -0.15) is 5.26 Å². The molecule has 1 aromatic rings. The number of carbonyl (C=O) groups excluding carboxylic acids is 2. The third-order valence-corrected chi connectivity index (χ3v) is 3.53. The van der Waals surface area contributed by atoms with E-state index in [4.69, 9.17) is 22.0 Å². The number of allylic oxidation sites excluding steroid dienone is 1. The van der Waals surface area contributed by atoms with Gasteiger partial charge in [0.15, 0.2) is 0 Å². The van der Waals surface area contributed by atoms with Crippen LogP contribution in [-0.2, 0) is 4.79 Å². The SMILES string of the molecule is CC[C@@H](CO)N/C(C)=C(\C#N)C(=O)NC(=O)Nc1ccccc1Cl. The molecule has 0 spiro atoms. The number of halogens is 1. The molecule has 1 atom stereocenters. The second kappa shape index (κ2) is 9.55. The van der Waals surface area contributed by atoms with Gasteiger partial charge in [0.05, 0.1) is 17.3 Å².